The summed E-state index contributed by atoms with van der Waals surface area (Å²) in [7, 11) is 0. The number of unbranched alkanes of at least 4 members (excludes halogenated alkanes) is 31. The van der Waals surface area contributed by atoms with Gasteiger partial charge in [0.15, 0.2) is 6.10 Å². The molecule has 0 aliphatic carbocycles. The summed E-state index contributed by atoms with van der Waals surface area (Å²) in [4.78, 5) is 38.1. The van der Waals surface area contributed by atoms with Crippen LogP contribution in [0.2, 0.25) is 0 Å². The van der Waals surface area contributed by atoms with Crippen molar-refractivity contribution < 1.29 is 28.6 Å². The number of carbonyl (C=O) groups is 3. The van der Waals surface area contributed by atoms with E-state index < -0.39 is 6.10 Å². The summed E-state index contributed by atoms with van der Waals surface area (Å²) in [5.74, 6) is -0.899. The topological polar surface area (TPSA) is 78.9 Å². The third-order valence-corrected chi connectivity index (χ3v) is 12.1. The van der Waals surface area contributed by atoms with E-state index in [9.17, 15) is 14.4 Å². The summed E-state index contributed by atoms with van der Waals surface area (Å²) in [6, 6.07) is 0. The molecule has 0 N–H and O–H groups in total. The van der Waals surface area contributed by atoms with E-state index in [-0.39, 0.29) is 31.1 Å². The third-order valence-electron chi connectivity index (χ3n) is 12.1. The maximum absolute atomic E-state index is 12.8. The van der Waals surface area contributed by atoms with Gasteiger partial charge in [-0.1, -0.05) is 256 Å². The van der Waals surface area contributed by atoms with Gasteiger partial charge in [-0.3, -0.25) is 14.4 Å². The molecule has 0 bridgehead atoms. The highest BCUT2D eigenvalue weighted by atomic mass is 16.6. The third kappa shape index (κ3) is 50.4. The summed E-state index contributed by atoms with van der Waals surface area (Å²) < 4.78 is 16.8. The monoisotopic (exact) mass is 897 g/mol. The highest BCUT2D eigenvalue weighted by Gasteiger charge is 2.19. The first-order valence-electron chi connectivity index (χ1n) is 27.6. The van der Waals surface area contributed by atoms with Gasteiger partial charge in [-0.05, 0) is 57.8 Å². The van der Waals surface area contributed by atoms with E-state index in [1.807, 2.05) is 0 Å². The molecule has 0 fully saturated rings. The maximum atomic E-state index is 12.8. The number of hydrogen-bond donors (Lipinski definition) is 0. The molecule has 6 heteroatoms. The van der Waals surface area contributed by atoms with E-state index in [0.717, 1.165) is 89.9 Å². The van der Waals surface area contributed by atoms with Crippen molar-refractivity contribution in [2.24, 2.45) is 0 Å². The average Bonchev–Trinajstić information content (AvgIpc) is 3.29. The second-order valence-electron chi connectivity index (χ2n) is 18.5. The van der Waals surface area contributed by atoms with Crippen LogP contribution in [0.15, 0.2) is 48.6 Å². The average molecular weight is 897 g/mol. The molecule has 6 nitrogen and oxygen atoms in total. The molecule has 1 unspecified atom stereocenters. The van der Waals surface area contributed by atoms with Crippen LogP contribution in [-0.2, 0) is 28.6 Å². The summed E-state index contributed by atoms with van der Waals surface area (Å²) in [6.45, 7) is 6.53. The number of allylic oxidation sites excluding steroid dienone is 8. The molecule has 1 atom stereocenters. The molecule has 0 aliphatic heterocycles. The van der Waals surface area contributed by atoms with Crippen molar-refractivity contribution in [1.82, 2.24) is 0 Å². The first kappa shape index (κ1) is 61.4. The summed E-state index contributed by atoms with van der Waals surface area (Å²) in [5, 5.41) is 0. The lowest BCUT2D eigenvalue weighted by Gasteiger charge is -2.18. The molecule has 0 heterocycles. The number of carbonyl (C=O) groups excluding carboxylic acids is 3. The fourth-order valence-corrected chi connectivity index (χ4v) is 7.96. The van der Waals surface area contributed by atoms with Gasteiger partial charge in [0.2, 0.25) is 0 Å². The number of esters is 3. The molecule has 0 spiro atoms. The SMILES string of the molecule is CC/C=C\C/C=C\C/C=C\C/C=C\CCCCCC(=O)OC(COC(=O)CCCCCCCCCCCCCCC)COC(=O)CCCCCCCCCCCCCCCCCCC. The van der Waals surface area contributed by atoms with Crippen molar-refractivity contribution in [1.29, 1.82) is 0 Å². The van der Waals surface area contributed by atoms with Crippen molar-refractivity contribution >= 4 is 17.9 Å². The van der Waals surface area contributed by atoms with E-state index in [0.29, 0.717) is 19.3 Å². The zero-order chi connectivity index (χ0) is 46.5. The number of rotatable bonds is 50. The van der Waals surface area contributed by atoms with Crippen LogP contribution in [0.4, 0.5) is 0 Å². The van der Waals surface area contributed by atoms with Crippen molar-refractivity contribution in [3.05, 3.63) is 48.6 Å². The van der Waals surface area contributed by atoms with Crippen molar-refractivity contribution in [3.8, 4) is 0 Å². The van der Waals surface area contributed by atoms with Crippen LogP contribution >= 0.6 is 0 Å². The van der Waals surface area contributed by atoms with E-state index in [2.05, 4.69) is 69.4 Å². The molecule has 0 saturated carbocycles. The standard InChI is InChI=1S/C58H104O6/c1-4-7-10-13-16-19-22-25-27-29-31-33-36-39-42-45-48-51-57(60)63-54-55(53-62-56(59)50-47-44-41-38-35-32-24-21-18-15-12-9-6-3)64-58(61)52-49-46-43-40-37-34-30-28-26-23-20-17-14-11-8-5-2/h8,11,17,20,26,28,34,37,55H,4-7,9-10,12-16,18-19,21-25,27,29-33,35-36,38-54H2,1-3H3/b11-8-,20-17-,28-26-,37-34-. The quantitative estimate of drug-likeness (QED) is 0.0262. The highest BCUT2D eigenvalue weighted by Crippen LogP contribution is 2.16. The first-order chi connectivity index (χ1) is 31.5. The molecule has 0 aromatic rings. The van der Waals surface area contributed by atoms with Crippen LogP contribution in [0.5, 0.6) is 0 Å². The number of hydrogen-bond acceptors (Lipinski definition) is 6. The number of ether oxygens (including phenoxy) is 3. The Kier molecular flexibility index (Phi) is 50.8. The molecule has 372 valence electrons. The maximum Gasteiger partial charge on any atom is 0.306 e. The van der Waals surface area contributed by atoms with Crippen LogP contribution in [0, 0.1) is 0 Å². The van der Waals surface area contributed by atoms with Gasteiger partial charge in [0.1, 0.15) is 13.2 Å². The molecule has 0 rings (SSSR count). The largest absolute Gasteiger partial charge is 0.462 e. The predicted octanol–water partition coefficient (Wildman–Crippen LogP) is 18.3. The Hall–Kier alpha value is -2.63. The summed E-state index contributed by atoms with van der Waals surface area (Å²) in [6.07, 6.45) is 63.8. The first-order valence-corrected chi connectivity index (χ1v) is 27.6. The Morgan fingerprint density at radius 3 is 0.953 bits per heavy atom. The van der Waals surface area contributed by atoms with Crippen molar-refractivity contribution in [2.75, 3.05) is 13.2 Å². The second-order valence-corrected chi connectivity index (χ2v) is 18.5. The van der Waals surface area contributed by atoms with E-state index >= 15 is 0 Å². The van der Waals surface area contributed by atoms with Gasteiger partial charge in [-0.2, -0.15) is 0 Å². The van der Waals surface area contributed by atoms with Crippen LogP contribution in [0.3, 0.4) is 0 Å². The molecule has 64 heavy (non-hydrogen) atoms. The van der Waals surface area contributed by atoms with Gasteiger partial charge < -0.3 is 14.2 Å². The zero-order valence-electron chi connectivity index (χ0n) is 42.6. The summed E-state index contributed by atoms with van der Waals surface area (Å²) >= 11 is 0. The van der Waals surface area contributed by atoms with E-state index in [1.54, 1.807) is 0 Å². The Balaban J connectivity index is 4.38. The Morgan fingerprint density at radius 1 is 0.328 bits per heavy atom. The van der Waals surface area contributed by atoms with Crippen molar-refractivity contribution in [2.45, 2.75) is 290 Å². The van der Waals surface area contributed by atoms with Gasteiger partial charge >= 0.3 is 17.9 Å². The highest BCUT2D eigenvalue weighted by molar-refractivity contribution is 5.71. The molecular weight excluding hydrogens is 793 g/mol. The van der Waals surface area contributed by atoms with E-state index in [4.69, 9.17) is 14.2 Å². The van der Waals surface area contributed by atoms with Crippen LogP contribution in [0.25, 0.3) is 0 Å². The minimum absolute atomic E-state index is 0.0820. The Labute approximate surface area is 397 Å². The molecule has 0 aromatic heterocycles. The molecule has 0 radical (unpaired) electrons. The smallest absolute Gasteiger partial charge is 0.306 e. The molecule has 0 amide bonds. The Morgan fingerprint density at radius 2 is 0.609 bits per heavy atom. The van der Waals surface area contributed by atoms with Crippen LogP contribution < -0.4 is 0 Å². The van der Waals surface area contributed by atoms with Gasteiger partial charge in [-0.15, -0.1) is 0 Å². The second kappa shape index (κ2) is 53.0. The predicted molar refractivity (Wildman–Crippen MR) is 275 cm³/mol. The molecule has 0 aliphatic rings. The van der Waals surface area contributed by atoms with Crippen molar-refractivity contribution in [3.63, 3.8) is 0 Å². The normalized spacial score (nSPS) is 12.4. The van der Waals surface area contributed by atoms with Crippen LogP contribution in [0.1, 0.15) is 284 Å². The minimum Gasteiger partial charge on any atom is -0.462 e. The lowest BCUT2D eigenvalue weighted by Crippen LogP contribution is -2.30. The molecule has 0 aromatic carbocycles. The lowest BCUT2D eigenvalue weighted by atomic mass is 10.0. The van der Waals surface area contributed by atoms with Gasteiger partial charge in [-0.25, -0.2) is 0 Å². The minimum atomic E-state index is -0.785. The summed E-state index contributed by atoms with van der Waals surface area (Å²) in [5.41, 5.74) is 0. The van der Waals surface area contributed by atoms with Crippen LogP contribution in [-0.4, -0.2) is 37.2 Å². The fraction of sp³-hybridized carbons (Fsp3) is 0.810. The van der Waals surface area contributed by atoms with Gasteiger partial charge in [0.25, 0.3) is 0 Å². The van der Waals surface area contributed by atoms with Gasteiger partial charge in [0, 0.05) is 19.3 Å². The zero-order valence-corrected chi connectivity index (χ0v) is 42.6. The lowest BCUT2D eigenvalue weighted by molar-refractivity contribution is -0.167. The van der Waals surface area contributed by atoms with E-state index in [1.165, 1.54) is 154 Å². The van der Waals surface area contributed by atoms with Gasteiger partial charge in [0.05, 0.1) is 0 Å². The fourth-order valence-electron chi connectivity index (χ4n) is 7.96. The Bertz CT molecular complexity index is 1120. The molecular formula is C58H104O6. The molecule has 0 saturated heterocycles.